The molecule has 0 spiro atoms. The summed E-state index contributed by atoms with van der Waals surface area (Å²) in [5, 5.41) is 15.9. The molecule has 0 saturated heterocycles. The summed E-state index contributed by atoms with van der Waals surface area (Å²) in [6.07, 6.45) is 0.842. The van der Waals surface area contributed by atoms with Gasteiger partial charge >= 0.3 is 0 Å². The number of aromatic hydroxyl groups is 1. The Labute approximate surface area is 355 Å². The van der Waals surface area contributed by atoms with Gasteiger partial charge in [-0.2, -0.15) is 0 Å². The van der Waals surface area contributed by atoms with Crippen molar-refractivity contribution in [1.29, 1.82) is 0 Å². The first-order chi connectivity index (χ1) is 27.3. The minimum atomic E-state index is -2.76. The van der Waals surface area contributed by atoms with Crippen molar-refractivity contribution in [3.8, 4) is 11.5 Å². The Bertz CT molecular complexity index is 2270. The number of phenolic OH excluding ortho intramolecular Hbond substituents is 1. The Kier molecular flexibility index (Phi) is 14.5. The lowest BCUT2D eigenvalue weighted by Crippen LogP contribution is -2.27. The van der Waals surface area contributed by atoms with E-state index in [1.807, 2.05) is 73.4 Å². The standard InChI is InChI=1S/C30H40NO2P.C22H29NO2/c1-29(2,3)23-19-22(28(33-8)25(20-23)30(4,5)6)21-31(7)26-17-13-14-18-27(26)34(9,32)24-15-11-10-12-16-24;1-21(2,3)17-11-16(20(25)18(12-17)22(4,5)6)13-23-19-10-8-7-9-15(19)14-24/h10-20H,21H2,1-9H3;7-12,14,23,25H,13H2,1-6H3. The summed E-state index contributed by atoms with van der Waals surface area (Å²) < 4.78 is 20.0. The maximum Gasteiger partial charge on any atom is 0.152 e. The minimum Gasteiger partial charge on any atom is -0.507 e. The lowest BCUT2D eigenvalue weighted by atomic mass is 9.79. The van der Waals surface area contributed by atoms with Gasteiger partial charge in [0.15, 0.2) is 6.29 Å². The van der Waals surface area contributed by atoms with Gasteiger partial charge in [0.1, 0.15) is 18.6 Å². The smallest absolute Gasteiger partial charge is 0.152 e. The minimum absolute atomic E-state index is 0.0108. The number of rotatable bonds is 10. The molecule has 2 N–H and O–H groups in total. The van der Waals surface area contributed by atoms with Gasteiger partial charge in [0.2, 0.25) is 0 Å². The Morgan fingerprint density at radius 1 is 0.678 bits per heavy atom. The van der Waals surface area contributed by atoms with E-state index in [9.17, 15) is 14.5 Å². The average molecular weight is 817 g/mol. The van der Waals surface area contributed by atoms with E-state index in [4.69, 9.17) is 4.74 Å². The van der Waals surface area contributed by atoms with Crippen LogP contribution >= 0.6 is 7.14 Å². The molecular formula is C52H69N2O4P. The molecule has 5 rings (SSSR count). The number of hydrogen-bond donors (Lipinski definition) is 2. The molecule has 5 aromatic rings. The number of benzene rings is 5. The molecule has 0 fully saturated rings. The third-order valence-corrected chi connectivity index (χ3v) is 13.5. The molecule has 0 aliphatic rings. The van der Waals surface area contributed by atoms with Gasteiger partial charge in [-0.15, -0.1) is 0 Å². The third kappa shape index (κ3) is 11.5. The number of carbonyl (C=O) groups is 1. The number of phenols is 1. The number of anilines is 2. The van der Waals surface area contributed by atoms with Crippen molar-refractivity contribution in [3.05, 3.63) is 142 Å². The highest BCUT2D eigenvalue weighted by atomic mass is 31.2. The SMILES string of the molecule is CC(C)(C)c1cc(CNc2ccccc2C=O)c(O)c(C(C)(C)C)c1.COc1c(CN(C)c2ccccc2P(C)(=O)c2ccccc2)cc(C(C)(C)C)cc1C(C)(C)C. The lowest BCUT2D eigenvalue weighted by molar-refractivity contribution is 0.112. The Hall–Kier alpha value is -4.80. The quantitative estimate of drug-likeness (QED) is 0.108. The molecule has 6 nitrogen and oxygen atoms in total. The zero-order valence-corrected chi connectivity index (χ0v) is 39.3. The van der Waals surface area contributed by atoms with E-state index in [1.165, 1.54) is 16.7 Å². The number of aldehydes is 1. The fourth-order valence-corrected chi connectivity index (χ4v) is 9.24. The summed E-state index contributed by atoms with van der Waals surface area (Å²) >= 11 is 0. The van der Waals surface area contributed by atoms with Crippen molar-refractivity contribution in [2.45, 2.75) is 118 Å². The second kappa shape index (κ2) is 18.2. The highest BCUT2D eigenvalue weighted by Gasteiger charge is 2.29. The van der Waals surface area contributed by atoms with Gasteiger partial charge < -0.3 is 24.6 Å². The summed E-state index contributed by atoms with van der Waals surface area (Å²) in [7, 11) is 1.07. The van der Waals surface area contributed by atoms with Gasteiger partial charge in [-0.25, -0.2) is 0 Å². The first-order valence-corrected chi connectivity index (χ1v) is 22.8. The lowest BCUT2D eigenvalue weighted by Gasteiger charge is -2.31. The summed E-state index contributed by atoms with van der Waals surface area (Å²) in [4.78, 5) is 13.4. The van der Waals surface area contributed by atoms with Crippen LogP contribution in [0, 0.1) is 0 Å². The Morgan fingerprint density at radius 2 is 1.19 bits per heavy atom. The van der Waals surface area contributed by atoms with Crippen molar-refractivity contribution in [1.82, 2.24) is 0 Å². The van der Waals surface area contributed by atoms with Crippen LogP contribution in [0.3, 0.4) is 0 Å². The van der Waals surface area contributed by atoms with Gasteiger partial charge in [0.25, 0.3) is 0 Å². The fraction of sp³-hybridized carbons (Fsp3) is 0.404. The number of carbonyl (C=O) groups excluding carboxylic acids is 1. The number of para-hydroxylation sites is 2. The normalized spacial score (nSPS) is 13.1. The molecule has 7 heteroatoms. The van der Waals surface area contributed by atoms with Gasteiger partial charge in [-0.05, 0) is 81.4 Å². The van der Waals surface area contributed by atoms with Crippen molar-refractivity contribution in [2.75, 3.05) is 31.0 Å². The van der Waals surface area contributed by atoms with Crippen LogP contribution < -0.4 is 25.6 Å². The molecule has 0 aliphatic carbocycles. The molecular weight excluding hydrogens is 748 g/mol. The first-order valence-electron chi connectivity index (χ1n) is 20.6. The Morgan fingerprint density at radius 3 is 1.73 bits per heavy atom. The van der Waals surface area contributed by atoms with Gasteiger partial charge in [0.05, 0.1) is 7.11 Å². The van der Waals surface area contributed by atoms with Crippen molar-refractivity contribution in [3.63, 3.8) is 0 Å². The number of methoxy groups -OCH3 is 1. The van der Waals surface area contributed by atoms with E-state index in [2.05, 4.69) is 131 Å². The summed E-state index contributed by atoms with van der Waals surface area (Å²) in [6.45, 7) is 29.2. The molecule has 0 heterocycles. The fourth-order valence-electron chi connectivity index (χ4n) is 7.16. The molecule has 0 amide bonds. The maximum atomic E-state index is 14.0. The van der Waals surface area contributed by atoms with Crippen LogP contribution in [-0.4, -0.2) is 32.2 Å². The van der Waals surface area contributed by atoms with Crippen LogP contribution in [0.25, 0.3) is 0 Å². The van der Waals surface area contributed by atoms with Crippen LogP contribution in [-0.2, 0) is 39.3 Å². The van der Waals surface area contributed by atoms with Crippen LogP contribution in [0.2, 0.25) is 0 Å². The molecule has 5 aromatic carbocycles. The largest absolute Gasteiger partial charge is 0.507 e. The van der Waals surface area contributed by atoms with E-state index in [-0.39, 0.29) is 21.7 Å². The zero-order valence-electron chi connectivity index (χ0n) is 38.4. The molecule has 1 atom stereocenters. The van der Waals surface area contributed by atoms with Gasteiger partial charge in [0, 0.05) is 64.4 Å². The van der Waals surface area contributed by atoms with Gasteiger partial charge in [-0.3, -0.25) is 4.79 Å². The summed E-state index contributed by atoms with van der Waals surface area (Å²) in [5.41, 5.74) is 8.80. The topological polar surface area (TPSA) is 78.9 Å². The highest BCUT2D eigenvalue weighted by molar-refractivity contribution is 7.78. The van der Waals surface area contributed by atoms with E-state index in [1.54, 1.807) is 13.2 Å². The molecule has 59 heavy (non-hydrogen) atoms. The van der Waals surface area contributed by atoms with E-state index < -0.39 is 7.14 Å². The zero-order chi connectivity index (χ0) is 44.1. The third-order valence-electron chi connectivity index (χ3n) is 10.9. The number of nitrogens with zero attached hydrogens (tertiary/aromatic N) is 1. The molecule has 0 radical (unpaired) electrons. The average Bonchev–Trinajstić information content (AvgIpc) is 3.16. The van der Waals surface area contributed by atoms with Crippen molar-refractivity contribution in [2.24, 2.45) is 0 Å². The van der Waals surface area contributed by atoms with E-state index >= 15 is 0 Å². The predicted molar refractivity (Wildman–Crippen MR) is 253 cm³/mol. The Balaban J connectivity index is 0.000000273. The van der Waals surface area contributed by atoms with Crippen LogP contribution in [0.15, 0.2) is 103 Å². The number of nitrogens with one attached hydrogen (secondary N) is 1. The van der Waals surface area contributed by atoms with E-state index in [0.29, 0.717) is 24.4 Å². The monoisotopic (exact) mass is 816 g/mol. The second-order valence-electron chi connectivity index (χ2n) is 19.9. The molecule has 316 valence electrons. The van der Waals surface area contributed by atoms with E-state index in [0.717, 1.165) is 50.7 Å². The molecule has 0 bridgehead atoms. The maximum absolute atomic E-state index is 14.0. The van der Waals surface area contributed by atoms with Crippen LogP contribution in [0.4, 0.5) is 11.4 Å². The van der Waals surface area contributed by atoms with Gasteiger partial charge in [-0.1, -0.05) is 150 Å². The van der Waals surface area contributed by atoms with Crippen LogP contribution in [0.5, 0.6) is 11.5 Å². The molecule has 0 aromatic heterocycles. The second-order valence-corrected chi connectivity index (χ2v) is 22.8. The van der Waals surface area contributed by atoms with Crippen molar-refractivity contribution >= 4 is 35.4 Å². The number of ether oxygens (including phenoxy) is 1. The molecule has 0 saturated carbocycles. The summed E-state index contributed by atoms with van der Waals surface area (Å²) in [5.74, 6) is 1.27. The number of hydrogen-bond acceptors (Lipinski definition) is 6. The molecule has 1 unspecified atom stereocenters. The predicted octanol–water partition coefficient (Wildman–Crippen LogP) is 12.3. The first kappa shape index (κ1) is 46.9. The summed E-state index contributed by atoms with van der Waals surface area (Å²) in [6, 6.07) is 34.0. The van der Waals surface area contributed by atoms with Crippen molar-refractivity contribution < 1.29 is 19.2 Å². The molecule has 0 aliphatic heterocycles. The highest BCUT2D eigenvalue weighted by Crippen LogP contribution is 2.44. The van der Waals surface area contributed by atoms with Crippen LogP contribution in [0.1, 0.15) is 127 Å².